The van der Waals surface area contributed by atoms with E-state index >= 15 is 0 Å². The highest BCUT2D eigenvalue weighted by molar-refractivity contribution is 6.33. The third-order valence-corrected chi connectivity index (χ3v) is 3.76. The number of hydrogen-bond donors (Lipinski definition) is 1. The summed E-state index contributed by atoms with van der Waals surface area (Å²) in [5.74, 6) is -0.414. The SMILES string of the molecule is O=C(O)c1cc(N2CCCc3ccccc32)ncc1Cl. The summed E-state index contributed by atoms with van der Waals surface area (Å²) in [5, 5.41) is 9.31. The van der Waals surface area contributed by atoms with Crippen LogP contribution in [0.15, 0.2) is 36.5 Å². The Balaban J connectivity index is 2.07. The van der Waals surface area contributed by atoms with Crippen molar-refractivity contribution in [2.24, 2.45) is 0 Å². The third-order valence-electron chi connectivity index (χ3n) is 3.46. The highest BCUT2D eigenvalue weighted by Gasteiger charge is 2.20. The van der Waals surface area contributed by atoms with Gasteiger partial charge in [0.05, 0.1) is 10.6 Å². The second-order valence-corrected chi connectivity index (χ2v) is 5.12. The number of anilines is 2. The smallest absolute Gasteiger partial charge is 0.337 e. The van der Waals surface area contributed by atoms with Crippen molar-refractivity contribution in [3.05, 3.63) is 52.7 Å². The van der Waals surface area contributed by atoms with E-state index in [1.807, 2.05) is 23.1 Å². The number of halogens is 1. The minimum atomic E-state index is -1.04. The molecule has 4 nitrogen and oxygen atoms in total. The molecule has 0 saturated carbocycles. The Hall–Kier alpha value is -2.07. The molecule has 0 unspecified atom stereocenters. The van der Waals surface area contributed by atoms with Crippen LogP contribution in [-0.4, -0.2) is 22.6 Å². The van der Waals surface area contributed by atoms with E-state index in [-0.39, 0.29) is 10.6 Å². The first-order valence-corrected chi connectivity index (χ1v) is 6.79. The maximum Gasteiger partial charge on any atom is 0.337 e. The fraction of sp³-hybridized carbons (Fsp3) is 0.200. The number of aromatic carboxylic acids is 1. The Morgan fingerprint density at radius 2 is 2.15 bits per heavy atom. The zero-order chi connectivity index (χ0) is 14.1. The molecule has 1 aromatic carbocycles. The van der Waals surface area contributed by atoms with Gasteiger partial charge in [-0.2, -0.15) is 0 Å². The molecule has 102 valence electrons. The number of pyridine rings is 1. The highest BCUT2D eigenvalue weighted by atomic mass is 35.5. The Bertz CT molecular complexity index is 673. The number of carbonyl (C=O) groups is 1. The number of aromatic nitrogens is 1. The number of benzene rings is 1. The van der Waals surface area contributed by atoms with Crippen molar-refractivity contribution in [1.29, 1.82) is 0 Å². The van der Waals surface area contributed by atoms with Crippen LogP contribution in [0, 0.1) is 0 Å². The van der Waals surface area contributed by atoms with E-state index in [9.17, 15) is 4.79 Å². The molecule has 0 radical (unpaired) electrons. The number of hydrogen-bond acceptors (Lipinski definition) is 3. The van der Waals surface area contributed by atoms with Crippen molar-refractivity contribution in [1.82, 2.24) is 4.98 Å². The second-order valence-electron chi connectivity index (χ2n) is 4.71. The van der Waals surface area contributed by atoms with Crippen LogP contribution in [0.5, 0.6) is 0 Å². The summed E-state index contributed by atoms with van der Waals surface area (Å²) >= 11 is 5.87. The van der Waals surface area contributed by atoms with Gasteiger partial charge in [0, 0.05) is 18.4 Å². The first kappa shape index (κ1) is 12.9. The lowest BCUT2D eigenvalue weighted by atomic mass is 10.0. The molecule has 2 aromatic rings. The van der Waals surface area contributed by atoms with Gasteiger partial charge in [0.1, 0.15) is 5.82 Å². The fourth-order valence-corrected chi connectivity index (χ4v) is 2.69. The molecule has 0 amide bonds. The predicted molar refractivity (Wildman–Crippen MR) is 78.0 cm³/mol. The number of fused-ring (bicyclic) bond motifs is 1. The summed E-state index contributed by atoms with van der Waals surface area (Å²) in [5.41, 5.74) is 2.43. The lowest BCUT2D eigenvalue weighted by molar-refractivity contribution is 0.0697. The number of rotatable bonds is 2. The zero-order valence-electron chi connectivity index (χ0n) is 10.7. The Labute approximate surface area is 121 Å². The van der Waals surface area contributed by atoms with E-state index < -0.39 is 5.97 Å². The third kappa shape index (κ3) is 2.23. The normalized spacial score (nSPS) is 13.9. The van der Waals surface area contributed by atoms with Crippen molar-refractivity contribution in [3.8, 4) is 0 Å². The van der Waals surface area contributed by atoms with Crippen LogP contribution in [0.4, 0.5) is 11.5 Å². The number of nitrogens with zero attached hydrogens (tertiary/aromatic N) is 2. The molecular weight excluding hydrogens is 276 g/mol. The Kier molecular flexibility index (Phi) is 3.32. The van der Waals surface area contributed by atoms with Gasteiger partial charge in [-0.05, 0) is 30.5 Å². The Morgan fingerprint density at radius 1 is 1.35 bits per heavy atom. The maximum absolute atomic E-state index is 11.2. The first-order chi connectivity index (χ1) is 9.66. The van der Waals surface area contributed by atoms with E-state index in [0.29, 0.717) is 5.82 Å². The van der Waals surface area contributed by atoms with Gasteiger partial charge in [0.25, 0.3) is 0 Å². The van der Waals surface area contributed by atoms with Crippen LogP contribution in [0.1, 0.15) is 22.3 Å². The monoisotopic (exact) mass is 288 g/mol. The summed E-state index contributed by atoms with van der Waals surface area (Å²) < 4.78 is 0. The minimum absolute atomic E-state index is 0.0831. The standard InChI is InChI=1S/C15H13ClN2O2/c16-12-9-17-14(8-11(12)15(19)20)18-7-3-5-10-4-1-2-6-13(10)18/h1-2,4,6,8-9H,3,5,7H2,(H,19,20). The van der Waals surface area contributed by atoms with Gasteiger partial charge < -0.3 is 10.0 Å². The molecule has 20 heavy (non-hydrogen) atoms. The molecule has 1 aliphatic heterocycles. The second kappa shape index (κ2) is 5.13. The van der Waals surface area contributed by atoms with E-state index in [4.69, 9.17) is 16.7 Å². The van der Waals surface area contributed by atoms with E-state index in [1.54, 1.807) is 0 Å². The van der Waals surface area contributed by atoms with Crippen molar-refractivity contribution >= 4 is 29.1 Å². The van der Waals surface area contributed by atoms with Gasteiger partial charge >= 0.3 is 5.97 Å². The van der Waals surface area contributed by atoms with E-state index in [2.05, 4.69) is 11.1 Å². The number of para-hydroxylation sites is 1. The lowest BCUT2D eigenvalue weighted by Gasteiger charge is -2.30. The topological polar surface area (TPSA) is 53.4 Å². The summed E-state index contributed by atoms with van der Waals surface area (Å²) in [6.45, 7) is 0.824. The summed E-state index contributed by atoms with van der Waals surface area (Å²) in [4.78, 5) is 17.5. The average Bonchev–Trinajstić information content (AvgIpc) is 2.47. The van der Waals surface area contributed by atoms with Gasteiger partial charge in [-0.1, -0.05) is 29.8 Å². The van der Waals surface area contributed by atoms with Crippen LogP contribution in [-0.2, 0) is 6.42 Å². The average molecular weight is 289 g/mol. The molecule has 0 atom stereocenters. The largest absolute Gasteiger partial charge is 0.478 e. The molecule has 1 N–H and O–H groups in total. The van der Waals surface area contributed by atoms with Crippen LogP contribution >= 0.6 is 11.6 Å². The molecule has 3 rings (SSSR count). The molecule has 0 fully saturated rings. The van der Waals surface area contributed by atoms with Gasteiger partial charge in [0.2, 0.25) is 0 Å². The van der Waals surface area contributed by atoms with Crippen molar-refractivity contribution in [2.45, 2.75) is 12.8 Å². The lowest BCUT2D eigenvalue weighted by Crippen LogP contribution is -2.25. The predicted octanol–water partition coefficient (Wildman–Crippen LogP) is 3.52. The molecule has 5 heteroatoms. The molecule has 2 heterocycles. The van der Waals surface area contributed by atoms with Crippen molar-refractivity contribution < 1.29 is 9.90 Å². The van der Waals surface area contributed by atoms with E-state index in [1.165, 1.54) is 17.8 Å². The quantitative estimate of drug-likeness (QED) is 0.919. The molecule has 0 spiro atoms. The number of aryl methyl sites for hydroxylation is 1. The van der Waals surface area contributed by atoms with Crippen LogP contribution < -0.4 is 4.90 Å². The number of carboxylic acids is 1. The minimum Gasteiger partial charge on any atom is -0.478 e. The summed E-state index contributed by atoms with van der Waals surface area (Å²) in [7, 11) is 0. The Morgan fingerprint density at radius 3 is 2.95 bits per heavy atom. The van der Waals surface area contributed by atoms with Gasteiger partial charge in [0.15, 0.2) is 0 Å². The van der Waals surface area contributed by atoms with Crippen molar-refractivity contribution in [2.75, 3.05) is 11.4 Å². The van der Waals surface area contributed by atoms with Crippen LogP contribution in [0.2, 0.25) is 5.02 Å². The molecule has 0 saturated heterocycles. The first-order valence-electron chi connectivity index (χ1n) is 6.41. The molecule has 1 aromatic heterocycles. The molecule has 1 aliphatic rings. The van der Waals surface area contributed by atoms with Crippen molar-refractivity contribution in [3.63, 3.8) is 0 Å². The van der Waals surface area contributed by atoms with Gasteiger partial charge in [-0.3, -0.25) is 0 Å². The molecule has 0 aliphatic carbocycles. The zero-order valence-corrected chi connectivity index (χ0v) is 11.5. The molecule has 0 bridgehead atoms. The van der Waals surface area contributed by atoms with E-state index in [0.717, 1.165) is 25.1 Å². The highest BCUT2D eigenvalue weighted by Crippen LogP contribution is 2.33. The fourth-order valence-electron chi connectivity index (χ4n) is 2.51. The summed E-state index contributed by atoms with van der Waals surface area (Å²) in [6, 6.07) is 9.65. The maximum atomic E-state index is 11.2. The summed E-state index contributed by atoms with van der Waals surface area (Å²) in [6.07, 6.45) is 3.45. The number of carboxylic acid groups (broad SMARTS) is 1. The van der Waals surface area contributed by atoms with Gasteiger partial charge in [-0.25, -0.2) is 9.78 Å². The molecular formula is C15H13ClN2O2. The van der Waals surface area contributed by atoms with Crippen LogP contribution in [0.25, 0.3) is 0 Å². The van der Waals surface area contributed by atoms with Gasteiger partial charge in [-0.15, -0.1) is 0 Å². The van der Waals surface area contributed by atoms with Crippen LogP contribution in [0.3, 0.4) is 0 Å².